The van der Waals surface area contributed by atoms with Crippen LogP contribution in [0.15, 0.2) is 118 Å². The quantitative estimate of drug-likeness (QED) is 0.0123. The fraction of sp³-hybridized carbons (Fsp3) is 0.649. The van der Waals surface area contributed by atoms with Crippen LogP contribution in [0.2, 0.25) is 0 Å². The van der Waals surface area contributed by atoms with Crippen LogP contribution in [-0.2, 0) is 106 Å². The molecule has 0 radical (unpaired) electrons. The molecule has 3 unspecified atom stereocenters. The molecule has 7 saturated heterocycles. The average Bonchev–Trinajstić information content (AvgIpc) is 1.65. The first-order chi connectivity index (χ1) is 59.0. The molecular formula is C74H103Cl4N9O33P4S3. The number of phosphoric acid groups is 3. The summed E-state index contributed by atoms with van der Waals surface area (Å²) in [5, 5.41) is 13.3. The molecule has 0 spiro atoms. The number of aliphatic hydroxyl groups is 1. The van der Waals surface area contributed by atoms with E-state index < -0.39 is 204 Å². The van der Waals surface area contributed by atoms with E-state index in [9.17, 15) is 80.9 Å². The molecule has 4 aromatic heterocycles. The SMILES string of the molecule is CC(C)(C)C(=O)SCCOP1(=O)OC[C@H]2O[C@@H](n3ccc(=O)[nH]c3=O)[C@](C)(Cl)[C@@H]2O1.CC(C)(C)C(=O)SCCO[P@@]1(=O)OC[C@H]2O[C@@H](n3ccc(=O)[nH]c3=O)[C@](C)(Cl)[C@@H]2O1.CC(C)(C)C(=O)SCCO[P@]1(=O)OC[C@H]2O[C@@H](n3ccc(=O)[nH]c3=O)[C@](C)(Cl)[C@@H]2O1.CCCCOC(=O)C(C)NP(=O)(OC[C@H]1O[C@@H](n2ccc(=O)[nH]c2=O)[C@](C)(Cl)[C@@H]1O)Oc1ccccc1. The topological polar surface area (TPSA) is 536 Å². The molecule has 21 atom stereocenters. The van der Waals surface area contributed by atoms with Gasteiger partial charge >= 0.3 is 59.9 Å². The third-order valence-electron chi connectivity index (χ3n) is 19.5. The van der Waals surface area contributed by atoms with Crippen LogP contribution in [0, 0.1) is 16.2 Å². The highest BCUT2D eigenvalue weighted by Crippen LogP contribution is 2.63. The molecular weight excluding hydrogens is 1900 g/mol. The lowest BCUT2D eigenvalue weighted by Crippen LogP contribution is -2.45. The number of esters is 1. The van der Waals surface area contributed by atoms with E-state index in [-0.39, 0.29) is 84.6 Å². The molecule has 7 fully saturated rings. The molecule has 708 valence electrons. The molecule has 53 heteroatoms. The summed E-state index contributed by atoms with van der Waals surface area (Å²) in [4.78, 5) is 145. The van der Waals surface area contributed by atoms with E-state index in [0.717, 1.165) is 66.0 Å². The van der Waals surface area contributed by atoms with Gasteiger partial charge in [-0.05, 0) is 53.2 Å². The van der Waals surface area contributed by atoms with Gasteiger partial charge in [0.15, 0.2) is 40.3 Å². The molecule has 6 N–H and O–H groups in total. The largest absolute Gasteiger partial charge is 0.475 e. The summed E-state index contributed by atoms with van der Waals surface area (Å²) in [5.41, 5.74) is -6.60. The number of phosphoric ester groups is 3. The fourth-order valence-electron chi connectivity index (χ4n) is 12.6. The lowest BCUT2D eigenvalue weighted by atomic mass is 9.99. The second kappa shape index (κ2) is 42.9. The van der Waals surface area contributed by atoms with Crippen LogP contribution in [0.3, 0.4) is 0 Å². The van der Waals surface area contributed by atoms with Gasteiger partial charge in [0, 0.05) is 82.6 Å². The van der Waals surface area contributed by atoms with Crippen LogP contribution in [0.25, 0.3) is 0 Å². The van der Waals surface area contributed by atoms with Gasteiger partial charge in [-0.25, -0.2) is 37.4 Å². The number of carbonyl (C=O) groups is 4. The zero-order chi connectivity index (χ0) is 94.2. The summed E-state index contributed by atoms with van der Waals surface area (Å²) in [6.07, 6.45) is -4.94. The van der Waals surface area contributed by atoms with Crippen molar-refractivity contribution in [3.8, 4) is 5.75 Å². The number of thioether (sulfide) groups is 3. The van der Waals surface area contributed by atoms with Gasteiger partial charge < -0.3 is 33.3 Å². The van der Waals surface area contributed by atoms with Crippen LogP contribution in [0.1, 0.15) is 142 Å². The third-order valence-corrected chi connectivity index (χ3v) is 30.8. The maximum absolute atomic E-state index is 13.7. The van der Waals surface area contributed by atoms with Crippen molar-refractivity contribution in [2.45, 2.75) is 216 Å². The van der Waals surface area contributed by atoms with Crippen molar-refractivity contribution in [1.82, 2.24) is 43.3 Å². The summed E-state index contributed by atoms with van der Waals surface area (Å²) < 4.78 is 145. The minimum atomic E-state index is -4.22. The fourth-order valence-corrected chi connectivity index (χ4v) is 22.8. The number of carbonyl (C=O) groups excluding carboxylic acids is 4. The molecule has 12 rings (SSSR count). The second-order valence-electron chi connectivity index (χ2n) is 33.3. The molecule has 5 aromatic rings. The van der Waals surface area contributed by atoms with Crippen LogP contribution in [0.4, 0.5) is 0 Å². The van der Waals surface area contributed by atoms with Gasteiger partial charge in [0.2, 0.25) is 0 Å². The molecule has 7 aliphatic rings. The number of aromatic nitrogens is 8. The highest BCUT2D eigenvalue weighted by molar-refractivity contribution is 8.14. The van der Waals surface area contributed by atoms with Crippen LogP contribution in [0.5, 0.6) is 5.75 Å². The van der Waals surface area contributed by atoms with Crippen LogP contribution in [-0.4, -0.2) is 209 Å². The Hall–Kier alpha value is -5.29. The number of aromatic amines is 4. The number of unbranched alkanes of at least 4 members (excludes halogenated alkanes) is 1. The Morgan fingerprint density at radius 3 is 1.13 bits per heavy atom. The minimum absolute atomic E-state index is 0.0124. The van der Waals surface area contributed by atoms with E-state index in [1.54, 1.807) is 51.1 Å². The number of hydrogen-bond donors (Lipinski definition) is 6. The van der Waals surface area contributed by atoms with E-state index in [2.05, 4.69) is 25.0 Å². The number of para-hydroxylation sites is 1. The van der Waals surface area contributed by atoms with Crippen molar-refractivity contribution in [2.75, 3.05) is 70.1 Å². The number of nitrogens with zero attached hydrogens (tertiary/aromatic N) is 4. The number of nitrogens with one attached hydrogen (secondary N) is 5. The van der Waals surface area contributed by atoms with Gasteiger partial charge in [-0.15, -0.1) is 46.4 Å². The van der Waals surface area contributed by atoms with E-state index in [1.807, 2.05) is 69.2 Å². The molecule has 42 nitrogen and oxygen atoms in total. The van der Waals surface area contributed by atoms with E-state index >= 15 is 0 Å². The summed E-state index contributed by atoms with van der Waals surface area (Å²) in [7, 11) is -16.0. The van der Waals surface area contributed by atoms with Crippen molar-refractivity contribution >= 4 is 134 Å². The van der Waals surface area contributed by atoms with Gasteiger partial charge in [-0.2, -0.15) is 5.09 Å². The molecule has 1 aromatic carbocycles. The second-order valence-corrected chi connectivity index (χ2v) is 46.3. The summed E-state index contributed by atoms with van der Waals surface area (Å²) in [6, 6.07) is 11.7. The molecule has 0 amide bonds. The van der Waals surface area contributed by atoms with Crippen molar-refractivity contribution < 1.29 is 116 Å². The Morgan fingerprint density at radius 2 is 0.835 bits per heavy atom. The number of ether oxygens (including phenoxy) is 5. The van der Waals surface area contributed by atoms with Gasteiger partial charge in [0.05, 0.1) is 52.9 Å². The smallest absolute Gasteiger partial charge is 0.465 e. The highest BCUT2D eigenvalue weighted by Gasteiger charge is 2.64. The predicted molar refractivity (Wildman–Crippen MR) is 467 cm³/mol. The number of halogens is 4. The molecule has 7 aliphatic heterocycles. The number of aliphatic hydroxyl groups excluding tert-OH is 1. The minimum Gasteiger partial charge on any atom is -0.465 e. The van der Waals surface area contributed by atoms with Crippen molar-refractivity contribution in [3.05, 3.63) is 163 Å². The number of alkyl halides is 4. The number of benzene rings is 1. The molecule has 0 saturated carbocycles. The molecule has 11 heterocycles. The summed E-state index contributed by atoms with van der Waals surface area (Å²) >= 11 is 29.7. The normalized spacial score (nSPS) is 31.6. The van der Waals surface area contributed by atoms with Gasteiger partial charge in [-0.3, -0.25) is 122 Å². The Morgan fingerprint density at radius 1 is 0.520 bits per heavy atom. The Bertz CT molecular complexity index is 5070. The monoisotopic (exact) mass is 2010 g/mol. The zero-order valence-corrected chi connectivity index (χ0v) is 80.6. The van der Waals surface area contributed by atoms with Crippen LogP contribution < -0.4 is 54.6 Å². The first kappa shape index (κ1) is 105. The Balaban J connectivity index is 0.000000192. The van der Waals surface area contributed by atoms with Crippen molar-refractivity contribution in [1.29, 1.82) is 0 Å². The van der Waals surface area contributed by atoms with E-state index in [1.165, 1.54) is 56.8 Å². The molecule has 0 aliphatic carbocycles. The van der Waals surface area contributed by atoms with E-state index in [0.29, 0.717) is 6.42 Å². The molecule has 0 bridgehead atoms. The van der Waals surface area contributed by atoms with Gasteiger partial charge in [0.25, 0.3) is 22.2 Å². The van der Waals surface area contributed by atoms with Crippen molar-refractivity contribution in [2.24, 2.45) is 16.2 Å². The lowest BCUT2D eigenvalue weighted by molar-refractivity contribution is -0.145. The lowest BCUT2D eigenvalue weighted by Gasteiger charge is -2.34. The first-order valence-electron chi connectivity index (χ1n) is 39.5. The average molecular weight is 2010 g/mol. The Labute approximate surface area is 759 Å². The number of H-pyrrole nitrogens is 4. The number of hydrogen-bond acceptors (Lipinski definition) is 36. The number of rotatable bonds is 27. The van der Waals surface area contributed by atoms with Gasteiger partial charge in [0.1, 0.15) is 80.1 Å². The maximum atomic E-state index is 13.7. The summed E-state index contributed by atoms with van der Waals surface area (Å²) in [5.74, 6) is 0.412. The van der Waals surface area contributed by atoms with Gasteiger partial charge in [-0.1, -0.05) is 129 Å². The van der Waals surface area contributed by atoms with Crippen molar-refractivity contribution in [3.63, 3.8) is 0 Å². The Kier molecular flexibility index (Phi) is 35.6. The number of fused-ring (bicyclic) bond motifs is 3. The maximum Gasteiger partial charge on any atom is 0.475 e. The third kappa shape index (κ3) is 27.1. The van der Waals surface area contributed by atoms with Crippen LogP contribution >= 0.6 is 113 Å². The zero-order valence-electron chi connectivity index (χ0n) is 71.5. The molecule has 127 heavy (non-hydrogen) atoms. The standard InChI is InChI=1S/C23H31ClN3O9P.3C17H24ClN2O8PS/c1-4-5-13-33-20(30)15(2)26-37(32,36-16-9-7-6-8-10-16)34-14-17-19(29)23(3,24)21(35-17)27-12-11-18(28)25-22(27)31;3*1-16(2,3)14(22)30-8-7-25-29(24)26-9-10-12(28-29)17(4,18)13(27-10)20-6-5-11(21)19-15(20)23/h6-12,15,17,19,21,29H,4-5,13-14H2,1-3H3,(H,26,32)(H,25,28,31);3*5-6,10,12-13H,7-9H2,1-4H3,(H,19,21,23)/t15?,17-,19-,21-,23-,37?;10-,12-,13-,17-,29?;10-,12-,13-,17-,29+;10-,12-,13-,17-,29-/m1111/s1. The van der Waals surface area contributed by atoms with E-state index in [4.69, 9.17) is 120 Å². The highest BCUT2D eigenvalue weighted by atomic mass is 35.5. The first-order valence-corrected chi connectivity index (χ1v) is 49.9. The predicted octanol–water partition coefficient (Wildman–Crippen LogP) is 9.15. The summed E-state index contributed by atoms with van der Waals surface area (Å²) in [6.45, 7) is 25.2.